The quantitative estimate of drug-likeness (QED) is 0.782. The van der Waals surface area contributed by atoms with E-state index in [1.54, 1.807) is 0 Å². The first-order valence-corrected chi connectivity index (χ1v) is 8.09. The third-order valence-electron chi connectivity index (χ3n) is 3.92. The SMILES string of the molecule is CCNC(Cc1ccc(CC)cc1)c1ccc(C)c(Cl)c1. The molecule has 2 heteroatoms. The van der Waals surface area contributed by atoms with Crippen molar-refractivity contribution in [2.45, 2.75) is 39.7 Å². The molecule has 0 aliphatic heterocycles. The van der Waals surface area contributed by atoms with Crippen LogP contribution in [0.2, 0.25) is 5.02 Å². The molecular weight excluding hydrogens is 278 g/mol. The van der Waals surface area contributed by atoms with Crippen LogP contribution < -0.4 is 5.32 Å². The predicted molar refractivity (Wildman–Crippen MR) is 92.1 cm³/mol. The van der Waals surface area contributed by atoms with Crippen molar-refractivity contribution in [3.8, 4) is 0 Å². The van der Waals surface area contributed by atoms with Crippen LogP contribution in [0.5, 0.6) is 0 Å². The van der Waals surface area contributed by atoms with Crippen LogP contribution in [0.3, 0.4) is 0 Å². The summed E-state index contributed by atoms with van der Waals surface area (Å²) in [5.41, 5.74) is 5.13. The highest BCUT2D eigenvalue weighted by Crippen LogP contribution is 2.24. The van der Waals surface area contributed by atoms with Gasteiger partial charge in [0.2, 0.25) is 0 Å². The third kappa shape index (κ3) is 4.33. The molecule has 0 amide bonds. The van der Waals surface area contributed by atoms with E-state index in [0.29, 0.717) is 6.04 Å². The Morgan fingerprint density at radius 3 is 2.24 bits per heavy atom. The first-order valence-electron chi connectivity index (χ1n) is 7.71. The Hall–Kier alpha value is -1.31. The van der Waals surface area contributed by atoms with E-state index in [0.717, 1.165) is 30.0 Å². The van der Waals surface area contributed by atoms with Gasteiger partial charge in [-0.15, -0.1) is 0 Å². The normalized spacial score (nSPS) is 12.4. The molecule has 0 bridgehead atoms. The largest absolute Gasteiger partial charge is 0.310 e. The minimum Gasteiger partial charge on any atom is -0.310 e. The zero-order chi connectivity index (χ0) is 15.2. The smallest absolute Gasteiger partial charge is 0.0438 e. The van der Waals surface area contributed by atoms with Crippen LogP contribution in [0.1, 0.15) is 42.1 Å². The van der Waals surface area contributed by atoms with Gasteiger partial charge in [0.25, 0.3) is 0 Å². The molecule has 1 nitrogen and oxygen atoms in total. The summed E-state index contributed by atoms with van der Waals surface area (Å²) in [7, 11) is 0. The predicted octanol–water partition coefficient (Wildman–Crippen LogP) is 5.10. The van der Waals surface area contributed by atoms with E-state index in [4.69, 9.17) is 11.6 Å². The maximum Gasteiger partial charge on any atom is 0.0438 e. The van der Waals surface area contributed by atoms with E-state index < -0.39 is 0 Å². The van der Waals surface area contributed by atoms with Crippen molar-refractivity contribution in [3.63, 3.8) is 0 Å². The molecule has 0 spiro atoms. The molecule has 0 aliphatic carbocycles. The molecule has 0 saturated carbocycles. The summed E-state index contributed by atoms with van der Waals surface area (Å²) in [6.45, 7) is 7.31. The van der Waals surface area contributed by atoms with Crippen molar-refractivity contribution >= 4 is 11.6 Å². The zero-order valence-corrected chi connectivity index (χ0v) is 13.9. The van der Waals surface area contributed by atoms with Gasteiger partial charge in [0.1, 0.15) is 0 Å². The van der Waals surface area contributed by atoms with Crippen molar-refractivity contribution in [3.05, 3.63) is 69.7 Å². The molecule has 112 valence electrons. The summed E-state index contributed by atoms with van der Waals surface area (Å²) in [4.78, 5) is 0. The number of hydrogen-bond acceptors (Lipinski definition) is 1. The fourth-order valence-corrected chi connectivity index (χ4v) is 2.72. The van der Waals surface area contributed by atoms with Gasteiger partial charge in [-0.25, -0.2) is 0 Å². The van der Waals surface area contributed by atoms with Crippen LogP contribution in [0, 0.1) is 6.92 Å². The highest BCUT2D eigenvalue weighted by Gasteiger charge is 2.12. The summed E-state index contributed by atoms with van der Waals surface area (Å²) in [6.07, 6.45) is 2.07. The molecule has 0 aromatic heterocycles. The van der Waals surface area contributed by atoms with Gasteiger partial charge in [-0.1, -0.05) is 61.8 Å². The van der Waals surface area contributed by atoms with Crippen LogP contribution in [0.4, 0.5) is 0 Å². The lowest BCUT2D eigenvalue weighted by molar-refractivity contribution is 0.550. The van der Waals surface area contributed by atoms with Crippen LogP contribution in [-0.2, 0) is 12.8 Å². The molecule has 2 aromatic rings. The molecule has 0 radical (unpaired) electrons. The Morgan fingerprint density at radius 2 is 1.67 bits per heavy atom. The van der Waals surface area contributed by atoms with E-state index in [2.05, 4.69) is 61.6 Å². The van der Waals surface area contributed by atoms with Crippen molar-refractivity contribution in [1.82, 2.24) is 5.32 Å². The van der Waals surface area contributed by atoms with E-state index in [1.165, 1.54) is 16.7 Å². The van der Waals surface area contributed by atoms with E-state index in [-0.39, 0.29) is 0 Å². The topological polar surface area (TPSA) is 12.0 Å². The monoisotopic (exact) mass is 301 g/mol. The van der Waals surface area contributed by atoms with Gasteiger partial charge in [-0.3, -0.25) is 0 Å². The second-order valence-electron chi connectivity index (χ2n) is 5.49. The summed E-state index contributed by atoms with van der Waals surface area (Å²) in [5.74, 6) is 0. The summed E-state index contributed by atoms with van der Waals surface area (Å²) in [6, 6.07) is 15.6. The van der Waals surface area contributed by atoms with E-state index in [1.807, 2.05) is 6.92 Å². The van der Waals surface area contributed by atoms with Gasteiger partial charge in [-0.05, 0) is 54.6 Å². The first-order chi connectivity index (χ1) is 10.1. The highest BCUT2D eigenvalue weighted by molar-refractivity contribution is 6.31. The summed E-state index contributed by atoms with van der Waals surface area (Å²) >= 11 is 6.27. The highest BCUT2D eigenvalue weighted by atomic mass is 35.5. The summed E-state index contributed by atoms with van der Waals surface area (Å²) < 4.78 is 0. The van der Waals surface area contributed by atoms with E-state index in [9.17, 15) is 0 Å². The molecule has 2 rings (SSSR count). The van der Waals surface area contributed by atoms with E-state index >= 15 is 0 Å². The van der Waals surface area contributed by atoms with Gasteiger partial charge in [-0.2, -0.15) is 0 Å². The van der Waals surface area contributed by atoms with Crippen LogP contribution in [-0.4, -0.2) is 6.54 Å². The van der Waals surface area contributed by atoms with Gasteiger partial charge in [0, 0.05) is 11.1 Å². The number of likely N-dealkylation sites (N-methyl/N-ethyl adjacent to an activating group) is 1. The molecule has 1 unspecified atom stereocenters. The lowest BCUT2D eigenvalue weighted by Gasteiger charge is -2.19. The molecule has 0 heterocycles. The van der Waals surface area contributed by atoms with Crippen molar-refractivity contribution in [2.24, 2.45) is 0 Å². The average molecular weight is 302 g/mol. The second kappa shape index (κ2) is 7.63. The number of nitrogens with one attached hydrogen (secondary N) is 1. The minimum absolute atomic E-state index is 0.306. The molecule has 2 aromatic carbocycles. The van der Waals surface area contributed by atoms with Crippen LogP contribution >= 0.6 is 11.6 Å². The number of aryl methyl sites for hydroxylation is 2. The Balaban J connectivity index is 2.19. The third-order valence-corrected chi connectivity index (χ3v) is 4.33. The second-order valence-corrected chi connectivity index (χ2v) is 5.90. The maximum absolute atomic E-state index is 6.27. The molecule has 0 saturated heterocycles. The lowest BCUT2D eigenvalue weighted by atomic mass is 9.97. The van der Waals surface area contributed by atoms with Gasteiger partial charge >= 0.3 is 0 Å². The Morgan fingerprint density at radius 1 is 1.00 bits per heavy atom. The molecule has 1 atom stereocenters. The summed E-state index contributed by atoms with van der Waals surface area (Å²) in [5, 5.41) is 4.41. The fraction of sp³-hybridized carbons (Fsp3) is 0.368. The van der Waals surface area contributed by atoms with Crippen molar-refractivity contribution < 1.29 is 0 Å². The molecule has 0 fully saturated rings. The lowest BCUT2D eigenvalue weighted by Crippen LogP contribution is -2.23. The van der Waals surface area contributed by atoms with Crippen LogP contribution in [0.15, 0.2) is 42.5 Å². The Bertz CT molecular complexity index is 575. The molecule has 21 heavy (non-hydrogen) atoms. The van der Waals surface area contributed by atoms with Crippen LogP contribution in [0.25, 0.3) is 0 Å². The van der Waals surface area contributed by atoms with Crippen molar-refractivity contribution in [2.75, 3.05) is 6.54 Å². The van der Waals surface area contributed by atoms with Gasteiger partial charge in [0.05, 0.1) is 0 Å². The average Bonchev–Trinajstić information content (AvgIpc) is 2.50. The fourth-order valence-electron chi connectivity index (χ4n) is 2.53. The first kappa shape index (κ1) is 16.1. The molecule has 1 N–H and O–H groups in total. The number of rotatable bonds is 6. The Labute approximate surface area is 133 Å². The molecule has 0 aliphatic rings. The number of halogens is 1. The molecular formula is C19H24ClN. The number of benzene rings is 2. The van der Waals surface area contributed by atoms with Gasteiger partial charge < -0.3 is 5.32 Å². The minimum atomic E-state index is 0.306. The maximum atomic E-state index is 6.27. The number of hydrogen-bond donors (Lipinski definition) is 1. The Kier molecular flexibility index (Phi) is 5.84. The van der Waals surface area contributed by atoms with Crippen molar-refractivity contribution in [1.29, 1.82) is 0 Å². The zero-order valence-electron chi connectivity index (χ0n) is 13.1. The van der Waals surface area contributed by atoms with Gasteiger partial charge in [0.15, 0.2) is 0 Å². The standard InChI is InChI=1S/C19H24ClN/c1-4-15-7-9-16(10-8-15)12-19(21-5-2)17-11-6-14(3)18(20)13-17/h6-11,13,19,21H,4-5,12H2,1-3H3.